The maximum Gasteiger partial charge on any atom is 0.342 e. The van der Waals surface area contributed by atoms with Gasteiger partial charge in [0, 0.05) is 29.6 Å². The number of aromatic nitrogens is 2. The van der Waals surface area contributed by atoms with E-state index in [1.807, 2.05) is 6.07 Å². The third kappa shape index (κ3) is 4.57. The summed E-state index contributed by atoms with van der Waals surface area (Å²) >= 11 is 0. The fraction of sp³-hybridized carbons (Fsp3) is 0.182. The Morgan fingerprint density at radius 2 is 1.62 bits per heavy atom. The lowest BCUT2D eigenvalue weighted by atomic mass is 10.1. The quantitative estimate of drug-likeness (QED) is 0.514. The molecule has 7 nitrogen and oxygen atoms in total. The van der Waals surface area contributed by atoms with Gasteiger partial charge in [-0.15, -0.1) is 0 Å². The number of ether oxygens (including phenoxy) is 1. The standard InChI is InChI=1S/C22H21N3O4/c1-14-20(15(2)25(3)24-14)22(28)29-13-19(26)16-9-11-18(12-10-16)23-21(27)17-7-5-4-6-8-17/h4-12H,13H2,1-3H3,(H,23,27). The Kier molecular flexibility index (Phi) is 5.87. The van der Waals surface area contributed by atoms with E-state index in [-0.39, 0.29) is 18.3 Å². The summed E-state index contributed by atoms with van der Waals surface area (Å²) in [6.07, 6.45) is 0. The van der Waals surface area contributed by atoms with Gasteiger partial charge < -0.3 is 10.1 Å². The van der Waals surface area contributed by atoms with Crippen LogP contribution in [0.4, 0.5) is 5.69 Å². The number of ketones is 1. The first-order valence-corrected chi connectivity index (χ1v) is 9.04. The summed E-state index contributed by atoms with van der Waals surface area (Å²) in [5.74, 6) is -1.15. The highest BCUT2D eigenvalue weighted by molar-refractivity contribution is 6.05. The van der Waals surface area contributed by atoms with Crippen molar-refractivity contribution in [1.29, 1.82) is 0 Å². The molecule has 1 heterocycles. The molecule has 0 radical (unpaired) electrons. The molecular weight excluding hydrogens is 370 g/mol. The molecule has 0 saturated carbocycles. The van der Waals surface area contributed by atoms with E-state index >= 15 is 0 Å². The molecule has 1 aromatic heterocycles. The molecule has 2 aromatic carbocycles. The molecule has 0 fully saturated rings. The van der Waals surface area contributed by atoms with Gasteiger partial charge >= 0.3 is 5.97 Å². The largest absolute Gasteiger partial charge is 0.454 e. The lowest BCUT2D eigenvalue weighted by Crippen LogP contribution is -2.16. The van der Waals surface area contributed by atoms with Crippen LogP contribution in [0.15, 0.2) is 54.6 Å². The number of nitrogens with zero attached hydrogens (tertiary/aromatic N) is 2. The van der Waals surface area contributed by atoms with E-state index in [1.54, 1.807) is 74.1 Å². The lowest BCUT2D eigenvalue weighted by molar-refractivity contribution is 0.0473. The van der Waals surface area contributed by atoms with Crippen molar-refractivity contribution < 1.29 is 19.1 Å². The summed E-state index contributed by atoms with van der Waals surface area (Å²) in [6, 6.07) is 15.3. The molecule has 3 rings (SSSR count). The highest BCUT2D eigenvalue weighted by Crippen LogP contribution is 2.15. The van der Waals surface area contributed by atoms with Gasteiger partial charge in [0.2, 0.25) is 0 Å². The van der Waals surface area contributed by atoms with Crippen molar-refractivity contribution in [3.63, 3.8) is 0 Å². The second-order valence-electron chi connectivity index (χ2n) is 6.57. The highest BCUT2D eigenvalue weighted by atomic mass is 16.5. The van der Waals surface area contributed by atoms with Gasteiger partial charge in [-0.1, -0.05) is 18.2 Å². The number of aryl methyl sites for hydroxylation is 2. The Bertz CT molecular complexity index is 1050. The minimum Gasteiger partial charge on any atom is -0.454 e. The number of anilines is 1. The Morgan fingerprint density at radius 3 is 2.21 bits per heavy atom. The SMILES string of the molecule is Cc1nn(C)c(C)c1C(=O)OCC(=O)c1ccc(NC(=O)c2ccccc2)cc1. The molecule has 1 amide bonds. The molecule has 29 heavy (non-hydrogen) atoms. The number of esters is 1. The Hall–Kier alpha value is -3.74. The number of rotatable bonds is 6. The number of amides is 1. The summed E-state index contributed by atoms with van der Waals surface area (Å²) in [4.78, 5) is 36.8. The molecule has 0 spiro atoms. The minimum absolute atomic E-state index is 0.235. The van der Waals surface area contributed by atoms with Gasteiger partial charge in [0.05, 0.1) is 5.69 Å². The number of carbonyl (C=O) groups excluding carboxylic acids is 3. The van der Waals surface area contributed by atoms with E-state index in [1.165, 1.54) is 0 Å². The first kappa shape index (κ1) is 20.0. The summed E-state index contributed by atoms with van der Waals surface area (Å²) in [6.45, 7) is 3.11. The molecule has 0 unspecified atom stereocenters. The van der Waals surface area contributed by atoms with Gasteiger partial charge in [0.1, 0.15) is 5.56 Å². The number of nitrogens with one attached hydrogen (secondary N) is 1. The fourth-order valence-corrected chi connectivity index (χ4v) is 2.89. The molecule has 3 aromatic rings. The second-order valence-corrected chi connectivity index (χ2v) is 6.57. The van der Waals surface area contributed by atoms with Crippen LogP contribution in [0.5, 0.6) is 0 Å². The van der Waals surface area contributed by atoms with Crippen LogP contribution >= 0.6 is 0 Å². The number of carbonyl (C=O) groups is 3. The van der Waals surface area contributed by atoms with E-state index in [0.717, 1.165) is 0 Å². The predicted molar refractivity (Wildman–Crippen MR) is 108 cm³/mol. The molecule has 7 heteroatoms. The number of hydrogen-bond acceptors (Lipinski definition) is 5. The molecule has 1 N–H and O–H groups in total. The van der Waals surface area contributed by atoms with E-state index in [0.29, 0.717) is 33.8 Å². The van der Waals surface area contributed by atoms with Crippen LogP contribution in [-0.4, -0.2) is 34.0 Å². The molecule has 0 atom stereocenters. The number of Topliss-reactive ketones (excluding diaryl/α,β-unsaturated/α-hetero) is 1. The predicted octanol–water partition coefficient (Wildman–Crippen LogP) is 3.33. The first-order chi connectivity index (χ1) is 13.9. The molecule has 0 aliphatic heterocycles. The van der Waals surface area contributed by atoms with Crippen molar-refractivity contribution in [2.75, 3.05) is 11.9 Å². The lowest BCUT2D eigenvalue weighted by Gasteiger charge is -2.07. The van der Waals surface area contributed by atoms with Gasteiger partial charge in [-0.2, -0.15) is 5.10 Å². The smallest absolute Gasteiger partial charge is 0.342 e. The van der Waals surface area contributed by atoms with Crippen LogP contribution in [0.2, 0.25) is 0 Å². The normalized spacial score (nSPS) is 10.4. The molecule has 0 saturated heterocycles. The number of benzene rings is 2. The van der Waals surface area contributed by atoms with Crippen LogP contribution in [0.25, 0.3) is 0 Å². The molecular formula is C22H21N3O4. The topological polar surface area (TPSA) is 90.3 Å². The zero-order chi connectivity index (χ0) is 21.0. The molecule has 0 aliphatic rings. The monoisotopic (exact) mass is 391 g/mol. The number of hydrogen-bond donors (Lipinski definition) is 1. The van der Waals surface area contributed by atoms with E-state index in [4.69, 9.17) is 4.74 Å². The highest BCUT2D eigenvalue weighted by Gasteiger charge is 2.20. The maximum atomic E-state index is 12.3. The van der Waals surface area contributed by atoms with Gasteiger partial charge in [-0.3, -0.25) is 14.3 Å². The van der Waals surface area contributed by atoms with Crippen molar-refractivity contribution in [3.05, 3.63) is 82.7 Å². The Balaban J connectivity index is 1.59. The molecule has 0 bridgehead atoms. The first-order valence-electron chi connectivity index (χ1n) is 9.04. The second kappa shape index (κ2) is 8.52. The van der Waals surface area contributed by atoms with Crippen molar-refractivity contribution in [3.8, 4) is 0 Å². The zero-order valence-electron chi connectivity index (χ0n) is 16.4. The fourth-order valence-electron chi connectivity index (χ4n) is 2.89. The Labute approximate surface area is 168 Å². The third-order valence-corrected chi connectivity index (χ3v) is 4.55. The average molecular weight is 391 g/mol. The van der Waals surface area contributed by atoms with Crippen LogP contribution in [0.1, 0.15) is 42.5 Å². The van der Waals surface area contributed by atoms with Gasteiger partial charge in [0.15, 0.2) is 12.4 Å². The Morgan fingerprint density at radius 1 is 0.966 bits per heavy atom. The average Bonchev–Trinajstić information content (AvgIpc) is 2.98. The van der Waals surface area contributed by atoms with Crippen molar-refractivity contribution >= 4 is 23.3 Å². The minimum atomic E-state index is -0.576. The van der Waals surface area contributed by atoms with E-state index in [2.05, 4.69) is 10.4 Å². The van der Waals surface area contributed by atoms with E-state index < -0.39 is 5.97 Å². The molecule has 0 aliphatic carbocycles. The van der Waals surface area contributed by atoms with Crippen LogP contribution < -0.4 is 5.32 Å². The maximum absolute atomic E-state index is 12.3. The van der Waals surface area contributed by atoms with Crippen LogP contribution in [-0.2, 0) is 11.8 Å². The van der Waals surface area contributed by atoms with Crippen LogP contribution in [0, 0.1) is 13.8 Å². The third-order valence-electron chi connectivity index (χ3n) is 4.55. The van der Waals surface area contributed by atoms with Crippen LogP contribution in [0.3, 0.4) is 0 Å². The van der Waals surface area contributed by atoms with Crippen molar-refractivity contribution in [1.82, 2.24) is 9.78 Å². The van der Waals surface area contributed by atoms with Crippen molar-refractivity contribution in [2.24, 2.45) is 7.05 Å². The van der Waals surface area contributed by atoms with Crippen molar-refractivity contribution in [2.45, 2.75) is 13.8 Å². The van der Waals surface area contributed by atoms with Gasteiger partial charge in [0.25, 0.3) is 5.91 Å². The molecule has 148 valence electrons. The summed E-state index contributed by atoms with van der Waals surface area (Å²) in [5.41, 5.74) is 3.10. The van der Waals surface area contributed by atoms with Gasteiger partial charge in [-0.05, 0) is 50.2 Å². The zero-order valence-corrected chi connectivity index (χ0v) is 16.4. The summed E-state index contributed by atoms with van der Waals surface area (Å²) in [5, 5.41) is 6.93. The van der Waals surface area contributed by atoms with Gasteiger partial charge in [-0.25, -0.2) is 4.79 Å². The summed E-state index contributed by atoms with van der Waals surface area (Å²) < 4.78 is 6.75. The summed E-state index contributed by atoms with van der Waals surface area (Å²) in [7, 11) is 1.74. The van der Waals surface area contributed by atoms with E-state index in [9.17, 15) is 14.4 Å².